The first kappa shape index (κ1) is 14.3. The number of aliphatic hydroxyl groups is 1. The van der Waals surface area contributed by atoms with Crippen LogP contribution in [0.25, 0.3) is 0 Å². The van der Waals surface area contributed by atoms with E-state index in [-0.39, 0.29) is 20.2 Å². The summed E-state index contributed by atoms with van der Waals surface area (Å²) in [5.74, 6) is -0.732. The molecule has 0 spiro atoms. The van der Waals surface area contributed by atoms with Crippen molar-refractivity contribution in [2.24, 2.45) is 0 Å². The monoisotopic (exact) mass is 250 g/mol. The number of hydrogen-bond acceptors (Lipinski definition) is 7. The molecule has 7 nitrogen and oxygen atoms in total. The van der Waals surface area contributed by atoms with Crippen molar-refractivity contribution >= 4 is 5.97 Å². The Balaban J connectivity index is 2.58. The molecule has 100 valence electrons. The van der Waals surface area contributed by atoms with E-state index in [9.17, 15) is 9.90 Å². The molecule has 7 heteroatoms. The topological polar surface area (TPSA) is 83.5 Å². The Hall–Kier alpha value is -0.730. The lowest BCUT2D eigenvalue weighted by molar-refractivity contribution is -0.160. The zero-order valence-corrected chi connectivity index (χ0v) is 10.2. The molecule has 1 N–H and O–H groups in total. The van der Waals surface area contributed by atoms with Crippen LogP contribution in [0.4, 0.5) is 0 Å². The minimum atomic E-state index is -1.69. The lowest BCUT2D eigenvalue weighted by Crippen LogP contribution is -2.46. The largest absolute Gasteiger partial charge is 0.455 e. The van der Waals surface area contributed by atoms with Crippen LogP contribution in [0, 0.1) is 0 Å². The summed E-state index contributed by atoms with van der Waals surface area (Å²) in [7, 11) is 2.93. The normalized spacial score (nSPS) is 32.8. The van der Waals surface area contributed by atoms with Crippen LogP contribution in [0.1, 0.15) is 6.92 Å². The second-order valence-corrected chi connectivity index (χ2v) is 3.86. The van der Waals surface area contributed by atoms with E-state index in [1.807, 2.05) is 0 Å². The molecule has 0 aromatic heterocycles. The summed E-state index contributed by atoms with van der Waals surface area (Å²) in [5, 5.41) is 9.93. The average molecular weight is 250 g/mol. The van der Waals surface area contributed by atoms with Crippen molar-refractivity contribution in [1.82, 2.24) is 0 Å². The van der Waals surface area contributed by atoms with Crippen molar-refractivity contribution in [1.29, 1.82) is 0 Å². The van der Waals surface area contributed by atoms with Gasteiger partial charge in [0.25, 0.3) is 0 Å². The molecule has 1 aliphatic rings. The summed E-state index contributed by atoms with van der Waals surface area (Å²) >= 11 is 0. The number of hydrogen-bond donors (Lipinski definition) is 1. The summed E-state index contributed by atoms with van der Waals surface area (Å²) in [6.45, 7) is 1.46. The Morgan fingerprint density at radius 1 is 1.35 bits per heavy atom. The van der Waals surface area contributed by atoms with Crippen LogP contribution in [0.15, 0.2) is 0 Å². The minimum absolute atomic E-state index is 0.0434. The van der Waals surface area contributed by atoms with Crippen molar-refractivity contribution in [3.63, 3.8) is 0 Å². The number of carbonyl (C=O) groups is 1. The molecule has 1 unspecified atom stereocenters. The third-order valence-corrected chi connectivity index (χ3v) is 2.41. The van der Waals surface area contributed by atoms with Gasteiger partial charge in [-0.05, 0) is 6.92 Å². The Bertz CT molecular complexity index is 253. The molecule has 0 amide bonds. The van der Waals surface area contributed by atoms with E-state index >= 15 is 0 Å². The molecule has 0 aliphatic carbocycles. The van der Waals surface area contributed by atoms with Crippen LogP contribution in [-0.4, -0.2) is 63.3 Å². The number of carbonyl (C=O) groups excluding carboxylic acids is 1. The highest BCUT2D eigenvalue weighted by Crippen LogP contribution is 2.28. The third kappa shape index (κ3) is 3.36. The van der Waals surface area contributed by atoms with Gasteiger partial charge >= 0.3 is 5.97 Å². The fourth-order valence-corrected chi connectivity index (χ4v) is 1.58. The Kier molecular flexibility index (Phi) is 5.29. The highest BCUT2D eigenvalue weighted by atomic mass is 16.7. The van der Waals surface area contributed by atoms with Crippen LogP contribution in [0.2, 0.25) is 0 Å². The summed E-state index contributed by atoms with van der Waals surface area (Å²) < 4.78 is 24.8. The van der Waals surface area contributed by atoms with Gasteiger partial charge in [-0.25, -0.2) is 4.79 Å². The van der Waals surface area contributed by atoms with Crippen LogP contribution in [-0.2, 0) is 28.5 Å². The van der Waals surface area contributed by atoms with Crippen LogP contribution < -0.4 is 0 Å². The summed E-state index contributed by atoms with van der Waals surface area (Å²) in [6.07, 6.45) is -1.50. The molecule has 1 saturated heterocycles. The fraction of sp³-hybridized carbons (Fsp3) is 0.900. The van der Waals surface area contributed by atoms with E-state index < -0.39 is 23.8 Å². The van der Waals surface area contributed by atoms with Gasteiger partial charge in [0.05, 0.1) is 6.61 Å². The van der Waals surface area contributed by atoms with E-state index in [0.717, 1.165) is 0 Å². The lowest BCUT2D eigenvalue weighted by atomic mass is 9.98. The number of ether oxygens (including phenoxy) is 5. The molecule has 3 atom stereocenters. The van der Waals surface area contributed by atoms with Crippen molar-refractivity contribution in [2.75, 3.05) is 34.4 Å². The van der Waals surface area contributed by atoms with Gasteiger partial charge in [-0.1, -0.05) is 0 Å². The van der Waals surface area contributed by atoms with Crippen LogP contribution in [0.5, 0.6) is 0 Å². The predicted molar refractivity (Wildman–Crippen MR) is 55.1 cm³/mol. The third-order valence-electron chi connectivity index (χ3n) is 2.41. The summed E-state index contributed by atoms with van der Waals surface area (Å²) in [6, 6.07) is 0. The van der Waals surface area contributed by atoms with Crippen molar-refractivity contribution in [3.8, 4) is 0 Å². The molecule has 0 saturated carbocycles. The van der Waals surface area contributed by atoms with Gasteiger partial charge in [-0.3, -0.25) is 0 Å². The highest BCUT2D eigenvalue weighted by molar-refractivity contribution is 5.82. The van der Waals surface area contributed by atoms with Gasteiger partial charge in [0.1, 0.15) is 19.7 Å². The number of methoxy groups -OCH3 is 2. The maximum atomic E-state index is 11.4. The number of cyclic esters (lactones) is 1. The fourth-order valence-electron chi connectivity index (χ4n) is 1.58. The number of esters is 1. The summed E-state index contributed by atoms with van der Waals surface area (Å²) in [5.41, 5.74) is -1.69. The second-order valence-electron chi connectivity index (χ2n) is 3.86. The van der Waals surface area contributed by atoms with Gasteiger partial charge in [0.2, 0.25) is 0 Å². The highest BCUT2D eigenvalue weighted by Gasteiger charge is 2.54. The van der Waals surface area contributed by atoms with Crippen LogP contribution in [0.3, 0.4) is 0 Å². The predicted octanol–water partition coefficient (Wildman–Crippen LogP) is -0.728. The zero-order chi connectivity index (χ0) is 12.9. The molecule has 1 fully saturated rings. The average Bonchev–Trinajstić information content (AvgIpc) is 2.48. The smallest absolute Gasteiger partial charge is 0.341 e. The molecule has 1 rings (SSSR count). The molecule has 0 aromatic rings. The minimum Gasteiger partial charge on any atom is -0.455 e. The van der Waals surface area contributed by atoms with Gasteiger partial charge in [0, 0.05) is 14.2 Å². The van der Waals surface area contributed by atoms with Crippen molar-refractivity contribution in [2.45, 2.75) is 24.7 Å². The standard InChI is InChI=1S/C10H18O7/c1-10(12)8(16-6-14-3)7(17-9(10)11)4-15-5-13-2/h7-8,12H,4-6H2,1-3H3/t7?,8-,10+/m1/s1. The van der Waals surface area contributed by atoms with Gasteiger partial charge in [-0.15, -0.1) is 0 Å². The van der Waals surface area contributed by atoms with E-state index in [2.05, 4.69) is 0 Å². The molecule has 0 radical (unpaired) electrons. The Morgan fingerprint density at radius 2 is 2.00 bits per heavy atom. The van der Waals surface area contributed by atoms with Crippen molar-refractivity contribution in [3.05, 3.63) is 0 Å². The molecule has 1 aliphatic heterocycles. The first-order valence-corrected chi connectivity index (χ1v) is 5.14. The van der Waals surface area contributed by atoms with Gasteiger partial charge in [0.15, 0.2) is 11.7 Å². The maximum absolute atomic E-state index is 11.4. The van der Waals surface area contributed by atoms with E-state index in [1.165, 1.54) is 21.1 Å². The molecular weight excluding hydrogens is 232 g/mol. The lowest BCUT2D eigenvalue weighted by Gasteiger charge is -2.23. The quantitative estimate of drug-likeness (QED) is 0.362. The first-order chi connectivity index (χ1) is 8.04. The van der Waals surface area contributed by atoms with E-state index in [4.69, 9.17) is 23.7 Å². The van der Waals surface area contributed by atoms with Crippen molar-refractivity contribution < 1.29 is 33.6 Å². The van der Waals surface area contributed by atoms with E-state index in [1.54, 1.807) is 0 Å². The molecule has 0 aromatic carbocycles. The van der Waals surface area contributed by atoms with Gasteiger partial charge in [-0.2, -0.15) is 0 Å². The Morgan fingerprint density at radius 3 is 2.59 bits per heavy atom. The van der Waals surface area contributed by atoms with E-state index in [0.29, 0.717) is 0 Å². The second kappa shape index (κ2) is 6.27. The molecule has 17 heavy (non-hydrogen) atoms. The SMILES string of the molecule is COCOCC1OC(=O)[C@@](C)(O)[C@@H]1OCOC. The van der Waals surface area contributed by atoms with Gasteiger partial charge < -0.3 is 28.8 Å². The number of rotatable bonds is 7. The Labute approximate surface area is 99.5 Å². The zero-order valence-electron chi connectivity index (χ0n) is 10.2. The first-order valence-electron chi connectivity index (χ1n) is 5.14. The van der Waals surface area contributed by atoms with Crippen LogP contribution >= 0.6 is 0 Å². The molecule has 0 bridgehead atoms. The summed E-state index contributed by atoms with van der Waals surface area (Å²) in [4.78, 5) is 11.4. The molecule has 1 heterocycles. The maximum Gasteiger partial charge on any atom is 0.341 e. The molecular formula is C10H18O7.